The zero-order valence-electron chi connectivity index (χ0n) is 16.4. The van der Waals surface area contributed by atoms with Gasteiger partial charge in [-0.15, -0.1) is 0 Å². The van der Waals surface area contributed by atoms with E-state index in [0.717, 1.165) is 16.1 Å². The number of benzene rings is 3. The van der Waals surface area contributed by atoms with E-state index in [1.54, 1.807) is 36.4 Å². The Kier molecular flexibility index (Phi) is 7.31. The van der Waals surface area contributed by atoms with Gasteiger partial charge in [0, 0.05) is 10.0 Å². The van der Waals surface area contributed by atoms with Crippen molar-refractivity contribution in [3.8, 4) is 11.8 Å². The SMILES string of the molecule is N#Cc1ccc(C(=O)N/N=C\c2cc(Br)ccc2OCc2ccc(C(=O)O)cc2)c(F)c1. The minimum absolute atomic E-state index is 0.107. The third-order valence-electron chi connectivity index (χ3n) is 4.28. The van der Waals surface area contributed by atoms with Gasteiger partial charge in [0.2, 0.25) is 0 Å². The highest BCUT2D eigenvalue weighted by molar-refractivity contribution is 9.10. The second-order valence-corrected chi connectivity index (χ2v) is 7.39. The second-order valence-electron chi connectivity index (χ2n) is 6.48. The van der Waals surface area contributed by atoms with E-state index in [2.05, 4.69) is 26.5 Å². The maximum absolute atomic E-state index is 14.0. The standard InChI is InChI=1S/C23H15BrFN3O4/c24-18-6-8-21(32-13-14-1-4-16(5-2-14)23(30)31)17(10-18)12-27-28-22(29)19-7-3-15(11-26)9-20(19)25/h1-10,12H,13H2,(H,28,29)(H,30,31)/b27-12-. The van der Waals surface area contributed by atoms with Crippen LogP contribution < -0.4 is 10.2 Å². The summed E-state index contributed by atoms with van der Waals surface area (Å²) < 4.78 is 20.5. The lowest BCUT2D eigenvalue weighted by Crippen LogP contribution is -2.19. The van der Waals surface area contributed by atoms with Crippen molar-refractivity contribution in [2.24, 2.45) is 5.10 Å². The molecule has 0 saturated carbocycles. The number of carboxylic acid groups (broad SMARTS) is 1. The lowest BCUT2D eigenvalue weighted by atomic mass is 10.1. The molecule has 0 bridgehead atoms. The minimum atomic E-state index is -1.01. The molecule has 7 nitrogen and oxygen atoms in total. The van der Waals surface area contributed by atoms with Gasteiger partial charge in [-0.1, -0.05) is 28.1 Å². The molecule has 0 aliphatic rings. The molecule has 0 aliphatic heterocycles. The summed E-state index contributed by atoms with van der Waals surface area (Å²) in [7, 11) is 0. The lowest BCUT2D eigenvalue weighted by Gasteiger charge is -2.10. The molecule has 0 aromatic heterocycles. The number of amides is 1. The Labute approximate surface area is 190 Å². The largest absolute Gasteiger partial charge is 0.488 e. The minimum Gasteiger partial charge on any atom is -0.488 e. The number of carbonyl (C=O) groups is 2. The molecule has 3 aromatic carbocycles. The van der Waals surface area contributed by atoms with Crippen LogP contribution in [0.1, 0.15) is 37.4 Å². The zero-order valence-corrected chi connectivity index (χ0v) is 18.0. The van der Waals surface area contributed by atoms with Gasteiger partial charge in [-0.25, -0.2) is 14.6 Å². The summed E-state index contributed by atoms with van der Waals surface area (Å²) >= 11 is 3.36. The van der Waals surface area contributed by atoms with Crippen LogP contribution in [-0.2, 0) is 6.61 Å². The Morgan fingerprint density at radius 1 is 1.16 bits per heavy atom. The first-order valence-corrected chi connectivity index (χ1v) is 9.94. The van der Waals surface area contributed by atoms with Crippen molar-refractivity contribution >= 4 is 34.0 Å². The number of nitrogens with zero attached hydrogens (tertiary/aromatic N) is 2. The van der Waals surface area contributed by atoms with Crippen molar-refractivity contribution in [2.75, 3.05) is 0 Å². The molecule has 0 fully saturated rings. The van der Waals surface area contributed by atoms with Crippen molar-refractivity contribution < 1.29 is 23.8 Å². The molecule has 0 unspecified atom stereocenters. The maximum atomic E-state index is 14.0. The number of ether oxygens (including phenoxy) is 1. The number of halogens is 2. The monoisotopic (exact) mass is 495 g/mol. The highest BCUT2D eigenvalue weighted by Crippen LogP contribution is 2.23. The predicted molar refractivity (Wildman–Crippen MR) is 118 cm³/mol. The predicted octanol–water partition coefficient (Wildman–Crippen LogP) is 4.50. The number of rotatable bonds is 7. The molecule has 9 heteroatoms. The van der Waals surface area contributed by atoms with Gasteiger partial charge in [-0.05, 0) is 54.1 Å². The Morgan fingerprint density at radius 3 is 2.56 bits per heavy atom. The molecular formula is C23H15BrFN3O4. The van der Waals surface area contributed by atoms with E-state index in [1.807, 2.05) is 0 Å². The number of carboxylic acids is 1. The van der Waals surface area contributed by atoms with Crippen LogP contribution >= 0.6 is 15.9 Å². The van der Waals surface area contributed by atoms with Crippen LogP contribution in [0.5, 0.6) is 5.75 Å². The van der Waals surface area contributed by atoms with Gasteiger partial charge in [-0.2, -0.15) is 10.4 Å². The Hall–Kier alpha value is -4.03. The molecule has 0 radical (unpaired) electrons. The normalized spacial score (nSPS) is 10.5. The zero-order chi connectivity index (χ0) is 23.1. The third-order valence-corrected chi connectivity index (χ3v) is 4.77. The molecule has 2 N–H and O–H groups in total. The van der Waals surface area contributed by atoms with Crippen LogP contribution in [0.4, 0.5) is 4.39 Å². The molecule has 0 heterocycles. The molecule has 0 atom stereocenters. The molecule has 32 heavy (non-hydrogen) atoms. The first-order chi connectivity index (χ1) is 15.4. The summed E-state index contributed by atoms with van der Waals surface area (Å²) in [5, 5.41) is 21.6. The topological polar surface area (TPSA) is 112 Å². The molecule has 1 amide bonds. The number of carbonyl (C=O) groups excluding carboxylic acids is 1. The Morgan fingerprint density at radius 2 is 1.91 bits per heavy atom. The molecular weight excluding hydrogens is 481 g/mol. The molecule has 160 valence electrons. The number of aromatic carboxylic acids is 1. The van der Waals surface area contributed by atoms with Gasteiger partial charge in [0.1, 0.15) is 18.2 Å². The number of nitrogens with one attached hydrogen (secondary N) is 1. The van der Waals surface area contributed by atoms with Gasteiger partial charge in [0.05, 0.1) is 29.0 Å². The van der Waals surface area contributed by atoms with E-state index in [9.17, 15) is 14.0 Å². The molecule has 0 spiro atoms. The second kappa shape index (κ2) is 10.3. The summed E-state index contributed by atoms with van der Waals surface area (Å²) in [6, 6.07) is 16.8. The van der Waals surface area contributed by atoms with Gasteiger partial charge in [-0.3, -0.25) is 4.79 Å². The van der Waals surface area contributed by atoms with Crippen molar-refractivity contribution in [3.63, 3.8) is 0 Å². The number of hydrogen-bond acceptors (Lipinski definition) is 5. The summed E-state index contributed by atoms with van der Waals surface area (Å²) in [6.07, 6.45) is 1.35. The van der Waals surface area contributed by atoms with E-state index in [4.69, 9.17) is 15.1 Å². The average molecular weight is 496 g/mol. The van der Waals surface area contributed by atoms with E-state index < -0.39 is 17.7 Å². The number of hydrazone groups is 1. The van der Waals surface area contributed by atoms with Gasteiger partial charge >= 0.3 is 5.97 Å². The number of hydrogen-bond donors (Lipinski definition) is 2. The fraction of sp³-hybridized carbons (Fsp3) is 0.0435. The molecule has 3 rings (SSSR count). The summed E-state index contributed by atoms with van der Waals surface area (Å²) in [5.74, 6) is -2.12. The quantitative estimate of drug-likeness (QED) is 0.370. The van der Waals surface area contributed by atoms with Gasteiger partial charge < -0.3 is 9.84 Å². The molecule has 0 aliphatic carbocycles. The smallest absolute Gasteiger partial charge is 0.335 e. The van der Waals surface area contributed by atoms with Crippen LogP contribution in [0.25, 0.3) is 0 Å². The van der Waals surface area contributed by atoms with Crippen molar-refractivity contribution in [1.29, 1.82) is 5.26 Å². The van der Waals surface area contributed by atoms with Crippen molar-refractivity contribution in [3.05, 3.63) is 98.8 Å². The Bertz CT molecular complexity index is 1240. The van der Waals surface area contributed by atoms with Crippen LogP contribution in [0.15, 0.2) is 70.2 Å². The third kappa shape index (κ3) is 5.77. The van der Waals surface area contributed by atoms with Crippen molar-refractivity contribution in [1.82, 2.24) is 5.43 Å². The van der Waals surface area contributed by atoms with Crippen LogP contribution in [0, 0.1) is 17.1 Å². The van der Waals surface area contributed by atoms with Gasteiger partial charge in [0.25, 0.3) is 5.91 Å². The van der Waals surface area contributed by atoms with Crippen LogP contribution in [0.3, 0.4) is 0 Å². The summed E-state index contributed by atoms with van der Waals surface area (Å²) in [5.41, 5.74) is 3.61. The highest BCUT2D eigenvalue weighted by Gasteiger charge is 2.12. The molecule has 0 saturated heterocycles. The van der Waals surface area contributed by atoms with E-state index in [-0.39, 0.29) is 23.3 Å². The van der Waals surface area contributed by atoms with Crippen LogP contribution in [-0.4, -0.2) is 23.2 Å². The fourth-order valence-electron chi connectivity index (χ4n) is 2.65. The van der Waals surface area contributed by atoms with E-state index in [0.29, 0.717) is 11.3 Å². The van der Waals surface area contributed by atoms with E-state index >= 15 is 0 Å². The van der Waals surface area contributed by atoms with E-state index in [1.165, 1.54) is 30.5 Å². The first-order valence-electron chi connectivity index (χ1n) is 9.15. The lowest BCUT2D eigenvalue weighted by molar-refractivity contribution is 0.0696. The maximum Gasteiger partial charge on any atom is 0.335 e. The highest BCUT2D eigenvalue weighted by atomic mass is 79.9. The van der Waals surface area contributed by atoms with Crippen molar-refractivity contribution in [2.45, 2.75) is 6.61 Å². The van der Waals surface area contributed by atoms with Gasteiger partial charge in [0.15, 0.2) is 0 Å². The summed E-state index contributed by atoms with van der Waals surface area (Å²) in [6.45, 7) is 0.186. The van der Waals surface area contributed by atoms with Crippen LogP contribution in [0.2, 0.25) is 0 Å². The Balaban J connectivity index is 1.69. The average Bonchev–Trinajstić information content (AvgIpc) is 2.78. The first kappa shape index (κ1) is 22.7. The molecule has 3 aromatic rings. The summed E-state index contributed by atoms with van der Waals surface area (Å²) in [4.78, 5) is 23.1. The fourth-order valence-corrected chi connectivity index (χ4v) is 3.02. The number of nitriles is 1.